The van der Waals surface area contributed by atoms with Crippen LogP contribution in [0.25, 0.3) is 0 Å². The van der Waals surface area contributed by atoms with Gasteiger partial charge in [0.05, 0.1) is 19.2 Å². The normalized spacial score (nSPS) is 12.9. The molecule has 0 saturated carbocycles. The van der Waals surface area contributed by atoms with Gasteiger partial charge < -0.3 is 14.0 Å². The van der Waals surface area contributed by atoms with Gasteiger partial charge in [-0.2, -0.15) is 0 Å². The minimum absolute atomic E-state index is 0.0709. The number of ketones is 1. The zero-order valence-corrected chi connectivity index (χ0v) is 15.9. The fourth-order valence-corrected chi connectivity index (χ4v) is 3.04. The first-order chi connectivity index (χ1) is 12.7. The second-order valence-corrected chi connectivity index (χ2v) is 6.54. The van der Waals surface area contributed by atoms with Crippen LogP contribution in [0.1, 0.15) is 29.4 Å². The van der Waals surface area contributed by atoms with E-state index < -0.39 is 35.5 Å². The van der Waals surface area contributed by atoms with E-state index in [1.807, 2.05) is 0 Å². The lowest BCUT2D eigenvalue weighted by atomic mass is 9.86. The van der Waals surface area contributed by atoms with Crippen molar-refractivity contribution >= 4 is 29.3 Å². The Kier molecular flexibility index (Phi) is 6.38. The average molecular weight is 396 g/mol. The second-order valence-electron chi connectivity index (χ2n) is 6.13. The number of hydrogen-bond donors (Lipinski definition) is 0. The van der Waals surface area contributed by atoms with Gasteiger partial charge in [-0.05, 0) is 36.8 Å². The molecule has 2 rings (SSSR count). The maximum Gasteiger partial charge on any atom is 0.354 e. The lowest BCUT2D eigenvalue weighted by molar-refractivity contribution is -0.145. The molecule has 0 N–H and O–H groups in total. The summed E-state index contributed by atoms with van der Waals surface area (Å²) < 4.78 is 24.3. The number of carbonyl (C=O) groups is 3. The van der Waals surface area contributed by atoms with Crippen molar-refractivity contribution in [2.24, 2.45) is 0 Å². The summed E-state index contributed by atoms with van der Waals surface area (Å²) in [6.45, 7) is 1.59. The molecule has 1 aromatic carbocycles. The summed E-state index contributed by atoms with van der Waals surface area (Å²) in [5.41, 5.74) is -0.624. The molecule has 0 amide bonds. The van der Waals surface area contributed by atoms with E-state index in [9.17, 15) is 18.8 Å². The predicted molar refractivity (Wildman–Crippen MR) is 96.2 cm³/mol. The first-order valence-electron chi connectivity index (χ1n) is 8.03. The van der Waals surface area contributed by atoms with Crippen molar-refractivity contribution in [3.63, 3.8) is 0 Å². The first kappa shape index (κ1) is 20.6. The van der Waals surface area contributed by atoms with Gasteiger partial charge in [-0.15, -0.1) is 0 Å². The molecule has 0 fully saturated rings. The Morgan fingerprint density at radius 2 is 1.89 bits per heavy atom. The van der Waals surface area contributed by atoms with Crippen molar-refractivity contribution in [1.29, 1.82) is 0 Å². The van der Waals surface area contributed by atoms with Crippen molar-refractivity contribution in [3.05, 3.63) is 58.6 Å². The molecule has 2 aromatic rings. The summed E-state index contributed by atoms with van der Waals surface area (Å²) in [5, 5.41) is -0.0871. The molecule has 0 saturated heterocycles. The monoisotopic (exact) mass is 395 g/mol. The van der Waals surface area contributed by atoms with Crippen molar-refractivity contribution in [2.45, 2.75) is 25.3 Å². The number of nitrogens with zero attached hydrogens (tertiary/aromatic N) is 1. The van der Waals surface area contributed by atoms with Crippen LogP contribution < -0.4 is 0 Å². The Hall–Kier alpha value is -2.67. The molecule has 1 aromatic heterocycles. The Labute approximate surface area is 160 Å². The molecular formula is C19H19ClFNO5. The van der Waals surface area contributed by atoms with Crippen LogP contribution in [-0.2, 0) is 31.0 Å². The minimum atomic E-state index is -1.33. The highest BCUT2D eigenvalue weighted by Crippen LogP contribution is 2.29. The largest absolute Gasteiger partial charge is 0.469 e. The molecule has 8 heteroatoms. The summed E-state index contributed by atoms with van der Waals surface area (Å²) in [7, 11) is 2.41. The van der Waals surface area contributed by atoms with Crippen molar-refractivity contribution in [1.82, 2.24) is 4.57 Å². The molecule has 0 bridgehead atoms. The molecule has 0 radical (unpaired) electrons. The van der Waals surface area contributed by atoms with Crippen LogP contribution in [0.2, 0.25) is 5.02 Å². The number of carbonyl (C=O) groups excluding carboxylic acids is 3. The average Bonchev–Trinajstić information content (AvgIpc) is 3.14. The highest BCUT2D eigenvalue weighted by atomic mass is 35.5. The van der Waals surface area contributed by atoms with Gasteiger partial charge in [0.2, 0.25) is 0 Å². The lowest BCUT2D eigenvalue weighted by Gasteiger charge is -2.31. The van der Waals surface area contributed by atoms with E-state index in [0.29, 0.717) is 5.56 Å². The van der Waals surface area contributed by atoms with E-state index in [1.54, 1.807) is 19.2 Å². The third-order valence-electron chi connectivity index (χ3n) is 4.34. The Morgan fingerprint density at radius 1 is 1.19 bits per heavy atom. The SMILES string of the molecule is COC(=O)CC(=O)C(C)(Cc1ccc(F)c(Cl)c1)n1cccc1C(=O)OC. The summed E-state index contributed by atoms with van der Waals surface area (Å²) in [6, 6.07) is 7.19. The molecule has 0 aliphatic rings. The standard InChI is InChI=1S/C19H19ClFNO5/c1-19(16(23)10-17(24)26-2,11-12-6-7-14(21)13(20)9-12)22-8-4-5-15(22)18(25)27-3/h4-9H,10-11H2,1-3H3. The van der Waals surface area contributed by atoms with Crippen molar-refractivity contribution in [3.8, 4) is 0 Å². The number of halogens is 2. The number of rotatable bonds is 7. The van der Waals surface area contributed by atoms with Crippen molar-refractivity contribution < 1.29 is 28.2 Å². The van der Waals surface area contributed by atoms with E-state index in [2.05, 4.69) is 4.74 Å². The van der Waals surface area contributed by atoms with E-state index in [-0.39, 0.29) is 17.1 Å². The number of Topliss-reactive ketones (excluding diaryl/α,β-unsaturated/α-hetero) is 1. The van der Waals surface area contributed by atoms with Crippen LogP contribution in [0, 0.1) is 5.82 Å². The van der Waals surface area contributed by atoms with Crippen LogP contribution in [0.3, 0.4) is 0 Å². The third-order valence-corrected chi connectivity index (χ3v) is 4.63. The molecule has 6 nitrogen and oxygen atoms in total. The molecule has 1 unspecified atom stereocenters. The van der Waals surface area contributed by atoms with Crippen LogP contribution in [-0.4, -0.2) is 36.5 Å². The highest BCUT2D eigenvalue weighted by Gasteiger charge is 2.38. The number of hydrogen-bond acceptors (Lipinski definition) is 5. The Balaban J connectivity index is 2.53. The molecule has 27 heavy (non-hydrogen) atoms. The Bertz CT molecular complexity index is 879. The molecule has 1 atom stereocenters. The van der Waals surface area contributed by atoms with Gasteiger partial charge in [0.25, 0.3) is 0 Å². The van der Waals surface area contributed by atoms with E-state index in [0.717, 1.165) is 0 Å². The molecule has 0 aliphatic heterocycles. The lowest BCUT2D eigenvalue weighted by Crippen LogP contribution is -2.43. The third kappa shape index (κ3) is 4.36. The summed E-state index contributed by atoms with van der Waals surface area (Å²) in [6.07, 6.45) is 1.13. The van der Waals surface area contributed by atoms with Crippen LogP contribution in [0.15, 0.2) is 36.5 Å². The van der Waals surface area contributed by atoms with E-state index in [1.165, 1.54) is 43.1 Å². The maximum atomic E-state index is 13.5. The van der Waals surface area contributed by atoms with Gasteiger partial charge in [-0.25, -0.2) is 9.18 Å². The predicted octanol–water partition coefficient (Wildman–Crippen LogP) is 3.16. The summed E-state index contributed by atoms with van der Waals surface area (Å²) >= 11 is 5.84. The molecule has 0 aliphatic carbocycles. The number of ether oxygens (including phenoxy) is 2. The highest BCUT2D eigenvalue weighted by molar-refractivity contribution is 6.30. The minimum Gasteiger partial charge on any atom is -0.469 e. The van der Waals surface area contributed by atoms with E-state index >= 15 is 0 Å². The second kappa shape index (κ2) is 8.35. The fourth-order valence-electron chi connectivity index (χ4n) is 2.84. The summed E-state index contributed by atoms with van der Waals surface area (Å²) in [5.74, 6) is -2.39. The van der Waals surface area contributed by atoms with Crippen LogP contribution in [0.5, 0.6) is 0 Å². The van der Waals surface area contributed by atoms with Gasteiger partial charge in [-0.3, -0.25) is 9.59 Å². The summed E-state index contributed by atoms with van der Waals surface area (Å²) in [4.78, 5) is 36.7. The maximum absolute atomic E-state index is 13.5. The first-order valence-corrected chi connectivity index (χ1v) is 8.41. The topological polar surface area (TPSA) is 74.6 Å². The molecular weight excluding hydrogens is 377 g/mol. The zero-order valence-electron chi connectivity index (χ0n) is 15.1. The van der Waals surface area contributed by atoms with Gasteiger partial charge in [0.15, 0.2) is 5.78 Å². The molecule has 1 heterocycles. The van der Waals surface area contributed by atoms with Crippen molar-refractivity contribution in [2.75, 3.05) is 14.2 Å². The number of benzene rings is 1. The quantitative estimate of drug-likeness (QED) is 0.531. The zero-order chi connectivity index (χ0) is 20.2. The number of methoxy groups -OCH3 is 2. The fraction of sp³-hybridized carbons (Fsp3) is 0.316. The Morgan fingerprint density at radius 3 is 2.48 bits per heavy atom. The van der Waals surface area contributed by atoms with Crippen LogP contribution in [0.4, 0.5) is 4.39 Å². The van der Waals surface area contributed by atoms with Gasteiger partial charge in [0.1, 0.15) is 23.5 Å². The molecule has 0 spiro atoms. The van der Waals surface area contributed by atoms with Gasteiger partial charge in [0, 0.05) is 12.6 Å². The number of esters is 2. The van der Waals surface area contributed by atoms with Gasteiger partial charge in [-0.1, -0.05) is 17.7 Å². The van der Waals surface area contributed by atoms with E-state index in [4.69, 9.17) is 16.3 Å². The molecule has 144 valence electrons. The van der Waals surface area contributed by atoms with Crippen LogP contribution >= 0.6 is 11.6 Å². The number of aromatic nitrogens is 1. The van der Waals surface area contributed by atoms with Gasteiger partial charge >= 0.3 is 11.9 Å². The smallest absolute Gasteiger partial charge is 0.354 e.